The zero-order valence-electron chi connectivity index (χ0n) is 12.5. The lowest BCUT2D eigenvalue weighted by atomic mass is 10.0. The zero-order valence-corrected chi connectivity index (χ0v) is 12.5. The molecule has 0 saturated heterocycles. The smallest absolute Gasteiger partial charge is 0.120 e. The van der Waals surface area contributed by atoms with Crippen molar-refractivity contribution in [1.82, 2.24) is 5.32 Å². The van der Waals surface area contributed by atoms with Gasteiger partial charge in [0, 0.05) is 6.04 Å². The van der Waals surface area contributed by atoms with Gasteiger partial charge in [0.15, 0.2) is 0 Å². The molecule has 0 aliphatic heterocycles. The van der Waals surface area contributed by atoms with E-state index in [1.165, 1.54) is 31.2 Å². The number of likely N-dealkylation sites (N-methyl/N-ethyl adjacent to an activating group) is 1. The lowest BCUT2D eigenvalue weighted by Gasteiger charge is -2.26. The van der Waals surface area contributed by atoms with Gasteiger partial charge in [-0.05, 0) is 49.9 Å². The molecule has 0 bridgehead atoms. The molecule has 106 valence electrons. The van der Waals surface area contributed by atoms with Gasteiger partial charge in [0.2, 0.25) is 0 Å². The molecule has 0 radical (unpaired) electrons. The summed E-state index contributed by atoms with van der Waals surface area (Å²) < 4.78 is 6.27. The van der Waals surface area contributed by atoms with Crippen LogP contribution in [0.15, 0.2) is 24.3 Å². The summed E-state index contributed by atoms with van der Waals surface area (Å²) in [4.78, 5) is 0. The number of hydrogen-bond acceptors (Lipinski definition) is 2. The highest BCUT2D eigenvalue weighted by atomic mass is 16.5. The van der Waals surface area contributed by atoms with Gasteiger partial charge in [0.25, 0.3) is 0 Å². The van der Waals surface area contributed by atoms with Crippen LogP contribution in [0.3, 0.4) is 0 Å². The van der Waals surface area contributed by atoms with Gasteiger partial charge in [0.1, 0.15) is 11.9 Å². The van der Waals surface area contributed by atoms with E-state index in [0.717, 1.165) is 12.2 Å². The van der Waals surface area contributed by atoms with Gasteiger partial charge in [0.05, 0.1) is 0 Å². The lowest BCUT2D eigenvalue weighted by Crippen LogP contribution is -2.40. The van der Waals surface area contributed by atoms with E-state index in [4.69, 9.17) is 4.74 Å². The van der Waals surface area contributed by atoms with Gasteiger partial charge in [-0.1, -0.05) is 38.8 Å². The maximum Gasteiger partial charge on any atom is 0.120 e. The third-order valence-corrected chi connectivity index (χ3v) is 4.14. The van der Waals surface area contributed by atoms with Crippen molar-refractivity contribution >= 4 is 0 Å². The molecule has 2 heteroatoms. The Kier molecular flexibility index (Phi) is 5.26. The first-order chi connectivity index (χ1) is 9.20. The van der Waals surface area contributed by atoms with Crippen LogP contribution >= 0.6 is 0 Å². The molecule has 1 fully saturated rings. The molecule has 2 rings (SSSR count). The number of hydrogen-bond donors (Lipinski definition) is 1. The van der Waals surface area contributed by atoms with E-state index >= 15 is 0 Å². The lowest BCUT2D eigenvalue weighted by molar-refractivity contribution is 0.148. The average Bonchev–Trinajstić information content (AvgIpc) is 2.64. The first-order valence-corrected chi connectivity index (χ1v) is 7.64. The topological polar surface area (TPSA) is 21.3 Å². The van der Waals surface area contributed by atoms with Crippen molar-refractivity contribution in [3.05, 3.63) is 29.8 Å². The Bertz CT molecular complexity index is 389. The largest absolute Gasteiger partial charge is 0.489 e. The highest BCUT2D eigenvalue weighted by molar-refractivity contribution is 5.30. The van der Waals surface area contributed by atoms with Crippen molar-refractivity contribution in [3.63, 3.8) is 0 Å². The van der Waals surface area contributed by atoms with E-state index in [2.05, 4.69) is 50.5 Å². The van der Waals surface area contributed by atoms with Crippen molar-refractivity contribution in [2.45, 2.75) is 64.0 Å². The van der Waals surface area contributed by atoms with Crippen LogP contribution in [-0.2, 0) is 0 Å². The second-order valence-corrected chi connectivity index (χ2v) is 5.92. The standard InChI is InChI=1S/C17H27NO/c1-13(2)14-8-7-9-15(12-14)19-17-11-6-4-5-10-16(17)18-3/h7-9,12-13,16-18H,4-6,10-11H2,1-3H3. The molecule has 1 N–H and O–H groups in total. The van der Waals surface area contributed by atoms with Gasteiger partial charge in [-0.2, -0.15) is 0 Å². The second-order valence-electron chi connectivity index (χ2n) is 5.92. The molecule has 1 aromatic rings. The Labute approximate surface area is 117 Å². The van der Waals surface area contributed by atoms with Gasteiger partial charge in [-0.3, -0.25) is 0 Å². The van der Waals surface area contributed by atoms with Crippen LogP contribution in [0.1, 0.15) is 57.4 Å². The molecule has 0 aromatic heterocycles. The molecule has 2 atom stereocenters. The maximum atomic E-state index is 6.27. The minimum atomic E-state index is 0.315. The van der Waals surface area contributed by atoms with Gasteiger partial charge in [-0.15, -0.1) is 0 Å². The quantitative estimate of drug-likeness (QED) is 0.824. The highest BCUT2D eigenvalue weighted by Gasteiger charge is 2.23. The summed E-state index contributed by atoms with van der Waals surface area (Å²) in [5, 5.41) is 3.43. The summed E-state index contributed by atoms with van der Waals surface area (Å²) in [6, 6.07) is 9.06. The fraction of sp³-hybridized carbons (Fsp3) is 0.647. The number of benzene rings is 1. The van der Waals surface area contributed by atoms with Gasteiger partial charge < -0.3 is 10.1 Å². The minimum Gasteiger partial charge on any atom is -0.489 e. The Balaban J connectivity index is 2.07. The van der Waals surface area contributed by atoms with E-state index in [1.807, 2.05) is 0 Å². The number of rotatable bonds is 4. The molecule has 2 nitrogen and oxygen atoms in total. The van der Waals surface area contributed by atoms with Crippen LogP contribution in [0.2, 0.25) is 0 Å². The first-order valence-electron chi connectivity index (χ1n) is 7.64. The molecule has 0 heterocycles. The van der Waals surface area contributed by atoms with Crippen molar-refractivity contribution in [2.75, 3.05) is 7.05 Å². The molecule has 2 unspecified atom stereocenters. The van der Waals surface area contributed by atoms with E-state index in [9.17, 15) is 0 Å². The van der Waals surface area contributed by atoms with Crippen LogP contribution in [0.5, 0.6) is 5.75 Å². The Morgan fingerprint density at radius 3 is 2.68 bits per heavy atom. The number of ether oxygens (including phenoxy) is 1. The zero-order chi connectivity index (χ0) is 13.7. The van der Waals surface area contributed by atoms with Crippen molar-refractivity contribution in [1.29, 1.82) is 0 Å². The first kappa shape index (κ1) is 14.4. The predicted octanol–water partition coefficient (Wildman–Crippen LogP) is 4.11. The average molecular weight is 261 g/mol. The van der Waals surface area contributed by atoms with E-state index in [0.29, 0.717) is 18.1 Å². The van der Waals surface area contributed by atoms with Crippen LogP contribution in [0, 0.1) is 0 Å². The third kappa shape index (κ3) is 3.97. The third-order valence-electron chi connectivity index (χ3n) is 4.14. The summed E-state index contributed by atoms with van der Waals surface area (Å²) in [6.07, 6.45) is 6.64. The molecular formula is C17H27NO. The van der Waals surface area contributed by atoms with Crippen molar-refractivity contribution in [2.24, 2.45) is 0 Å². The van der Waals surface area contributed by atoms with Crippen LogP contribution < -0.4 is 10.1 Å². The SMILES string of the molecule is CNC1CCCCCC1Oc1cccc(C(C)C)c1. The summed E-state index contributed by atoms with van der Waals surface area (Å²) in [6.45, 7) is 4.45. The molecule has 0 amide bonds. The van der Waals surface area contributed by atoms with Crippen molar-refractivity contribution < 1.29 is 4.74 Å². The Morgan fingerprint density at radius 1 is 1.16 bits per heavy atom. The van der Waals surface area contributed by atoms with Crippen LogP contribution in [-0.4, -0.2) is 19.2 Å². The molecule has 1 saturated carbocycles. The number of nitrogens with one attached hydrogen (secondary N) is 1. The Morgan fingerprint density at radius 2 is 1.95 bits per heavy atom. The van der Waals surface area contributed by atoms with Crippen LogP contribution in [0.25, 0.3) is 0 Å². The molecule has 0 spiro atoms. The van der Waals surface area contributed by atoms with Gasteiger partial charge >= 0.3 is 0 Å². The molecule has 19 heavy (non-hydrogen) atoms. The predicted molar refractivity (Wildman–Crippen MR) is 80.9 cm³/mol. The van der Waals surface area contributed by atoms with E-state index in [-0.39, 0.29) is 0 Å². The monoisotopic (exact) mass is 261 g/mol. The molecule has 1 aliphatic rings. The molecule has 1 aromatic carbocycles. The Hall–Kier alpha value is -1.02. The maximum absolute atomic E-state index is 6.27. The summed E-state index contributed by atoms with van der Waals surface area (Å²) >= 11 is 0. The normalized spacial score (nSPS) is 24.2. The fourth-order valence-electron chi connectivity index (χ4n) is 2.87. The highest BCUT2D eigenvalue weighted by Crippen LogP contribution is 2.25. The molecular weight excluding hydrogens is 234 g/mol. The summed E-state index contributed by atoms with van der Waals surface area (Å²) in [5.74, 6) is 1.58. The van der Waals surface area contributed by atoms with Gasteiger partial charge in [-0.25, -0.2) is 0 Å². The second kappa shape index (κ2) is 6.95. The summed E-state index contributed by atoms with van der Waals surface area (Å²) in [5.41, 5.74) is 1.35. The molecule has 1 aliphatic carbocycles. The summed E-state index contributed by atoms with van der Waals surface area (Å²) in [7, 11) is 2.05. The van der Waals surface area contributed by atoms with Crippen molar-refractivity contribution in [3.8, 4) is 5.75 Å². The fourth-order valence-corrected chi connectivity index (χ4v) is 2.87. The minimum absolute atomic E-state index is 0.315. The van der Waals surface area contributed by atoms with Crippen LogP contribution in [0.4, 0.5) is 0 Å². The van der Waals surface area contributed by atoms with E-state index in [1.54, 1.807) is 0 Å². The van der Waals surface area contributed by atoms with E-state index < -0.39 is 0 Å².